The van der Waals surface area contributed by atoms with E-state index in [1.807, 2.05) is 16.8 Å². The van der Waals surface area contributed by atoms with E-state index < -0.39 is 6.10 Å². The van der Waals surface area contributed by atoms with Crippen molar-refractivity contribution in [1.82, 2.24) is 4.57 Å². The fraction of sp³-hybridized carbons (Fsp3) is 0.375. The lowest BCUT2D eigenvalue weighted by Crippen LogP contribution is -2.26. The van der Waals surface area contributed by atoms with Crippen molar-refractivity contribution >= 4 is 11.6 Å². The lowest BCUT2D eigenvalue weighted by atomic mass is 9.75. The molecule has 0 amide bonds. The van der Waals surface area contributed by atoms with Crippen LogP contribution in [0.15, 0.2) is 30.5 Å². The number of aliphatic hydroxyl groups excluding tert-OH is 1. The van der Waals surface area contributed by atoms with Crippen LogP contribution in [-0.4, -0.2) is 9.67 Å². The van der Waals surface area contributed by atoms with Crippen molar-refractivity contribution in [2.45, 2.75) is 32.8 Å². The first-order valence-electron chi connectivity index (χ1n) is 6.70. The summed E-state index contributed by atoms with van der Waals surface area (Å²) in [6, 6.07) is 6.40. The highest BCUT2D eigenvalue weighted by Crippen LogP contribution is 2.41. The van der Waals surface area contributed by atoms with E-state index in [0.717, 1.165) is 24.1 Å². The smallest absolute Gasteiger partial charge is 0.126 e. The van der Waals surface area contributed by atoms with Crippen molar-refractivity contribution in [3.05, 3.63) is 52.6 Å². The summed E-state index contributed by atoms with van der Waals surface area (Å²) in [5.74, 6) is -0.356. The highest BCUT2D eigenvalue weighted by atomic mass is 35.5. The van der Waals surface area contributed by atoms with Gasteiger partial charge in [0.25, 0.3) is 0 Å². The minimum absolute atomic E-state index is 0.0274. The molecule has 1 aromatic carbocycles. The Hall–Kier alpha value is -1.32. The number of fused-ring (bicyclic) bond motifs is 1. The lowest BCUT2D eigenvalue weighted by Gasteiger charge is -2.34. The van der Waals surface area contributed by atoms with Gasteiger partial charge >= 0.3 is 0 Å². The van der Waals surface area contributed by atoms with Gasteiger partial charge in [-0.15, -0.1) is 0 Å². The third-order valence-corrected chi connectivity index (χ3v) is 4.12. The Morgan fingerprint density at radius 1 is 1.35 bits per heavy atom. The van der Waals surface area contributed by atoms with Crippen LogP contribution in [-0.2, 0) is 6.42 Å². The van der Waals surface area contributed by atoms with Gasteiger partial charge in [-0.2, -0.15) is 0 Å². The van der Waals surface area contributed by atoms with E-state index in [2.05, 4.69) is 13.8 Å². The predicted molar refractivity (Wildman–Crippen MR) is 77.8 cm³/mol. The van der Waals surface area contributed by atoms with Crippen molar-refractivity contribution in [1.29, 1.82) is 0 Å². The van der Waals surface area contributed by atoms with Gasteiger partial charge in [-0.3, -0.25) is 0 Å². The molecule has 2 nitrogen and oxygen atoms in total. The molecule has 106 valence electrons. The van der Waals surface area contributed by atoms with Crippen LogP contribution in [0.4, 0.5) is 4.39 Å². The molecule has 0 radical (unpaired) electrons. The van der Waals surface area contributed by atoms with Gasteiger partial charge in [0.2, 0.25) is 0 Å². The summed E-state index contributed by atoms with van der Waals surface area (Å²) < 4.78 is 15.5. The number of nitrogens with zero attached hydrogens (tertiary/aromatic N) is 1. The largest absolute Gasteiger partial charge is 0.388 e. The summed E-state index contributed by atoms with van der Waals surface area (Å²) in [5, 5.41) is 10.6. The maximum Gasteiger partial charge on any atom is 0.126 e. The van der Waals surface area contributed by atoms with Gasteiger partial charge in [0.1, 0.15) is 5.82 Å². The molecule has 1 aromatic heterocycles. The second kappa shape index (κ2) is 4.61. The van der Waals surface area contributed by atoms with Gasteiger partial charge in [0, 0.05) is 28.2 Å². The first-order chi connectivity index (χ1) is 9.35. The first-order valence-corrected chi connectivity index (χ1v) is 7.08. The predicted octanol–water partition coefficient (Wildman–Crippen LogP) is 4.28. The van der Waals surface area contributed by atoms with Crippen molar-refractivity contribution in [2.24, 2.45) is 5.41 Å². The number of rotatable bonds is 1. The van der Waals surface area contributed by atoms with E-state index >= 15 is 0 Å². The molecule has 3 rings (SSSR count). The summed E-state index contributed by atoms with van der Waals surface area (Å²) in [4.78, 5) is 0. The van der Waals surface area contributed by atoms with Gasteiger partial charge in [0.15, 0.2) is 0 Å². The fourth-order valence-electron chi connectivity index (χ4n) is 3.05. The Bertz CT molecular complexity index is 642. The third kappa shape index (κ3) is 2.36. The van der Waals surface area contributed by atoms with Crippen LogP contribution in [0.3, 0.4) is 0 Å². The molecule has 1 heterocycles. The molecule has 1 atom stereocenters. The molecule has 0 saturated carbocycles. The molecule has 0 aliphatic heterocycles. The van der Waals surface area contributed by atoms with Gasteiger partial charge < -0.3 is 9.67 Å². The summed E-state index contributed by atoms with van der Waals surface area (Å²) >= 11 is 5.93. The summed E-state index contributed by atoms with van der Waals surface area (Å²) in [6.07, 6.45) is 3.01. The van der Waals surface area contributed by atoms with Crippen LogP contribution in [0.5, 0.6) is 0 Å². The second-order valence-electron chi connectivity index (χ2n) is 6.28. The number of halogens is 2. The van der Waals surface area contributed by atoms with Crippen LogP contribution < -0.4 is 0 Å². The standard InChI is InChI=1S/C16H17ClFNO/c1-16(2)8-14-13(15(20)9-16)3-4-19(14)12-6-10(17)5-11(18)7-12/h3-7,15,20H,8-9H2,1-2H3. The zero-order valence-electron chi connectivity index (χ0n) is 11.5. The van der Waals surface area contributed by atoms with E-state index in [-0.39, 0.29) is 11.2 Å². The summed E-state index contributed by atoms with van der Waals surface area (Å²) in [6.45, 7) is 4.27. The molecule has 4 heteroatoms. The van der Waals surface area contributed by atoms with Gasteiger partial charge in [0.05, 0.1) is 6.10 Å². The first kappa shape index (κ1) is 13.7. The Balaban J connectivity index is 2.13. The van der Waals surface area contributed by atoms with Gasteiger partial charge in [-0.1, -0.05) is 25.4 Å². The maximum absolute atomic E-state index is 13.5. The summed E-state index contributed by atoms with van der Waals surface area (Å²) in [7, 11) is 0. The second-order valence-corrected chi connectivity index (χ2v) is 6.71. The number of aliphatic hydroxyl groups is 1. The van der Waals surface area contributed by atoms with E-state index in [9.17, 15) is 9.50 Å². The molecular weight excluding hydrogens is 277 g/mol. The van der Waals surface area contributed by atoms with E-state index in [0.29, 0.717) is 10.7 Å². The minimum Gasteiger partial charge on any atom is -0.388 e. The van der Waals surface area contributed by atoms with E-state index in [4.69, 9.17) is 11.6 Å². The lowest BCUT2D eigenvalue weighted by molar-refractivity contribution is 0.0987. The number of aromatic nitrogens is 1. The van der Waals surface area contributed by atoms with Crippen LogP contribution in [0.25, 0.3) is 5.69 Å². The summed E-state index contributed by atoms with van der Waals surface area (Å²) in [5.41, 5.74) is 2.70. The Kier molecular flexibility index (Phi) is 3.14. The van der Waals surface area contributed by atoms with Crippen LogP contribution >= 0.6 is 11.6 Å². The molecular formula is C16H17ClFNO. The highest BCUT2D eigenvalue weighted by molar-refractivity contribution is 6.30. The molecule has 0 saturated heterocycles. The fourth-order valence-corrected chi connectivity index (χ4v) is 3.27. The van der Waals surface area contributed by atoms with E-state index in [1.54, 1.807) is 6.07 Å². The van der Waals surface area contributed by atoms with E-state index in [1.165, 1.54) is 12.1 Å². The van der Waals surface area contributed by atoms with Crippen LogP contribution in [0, 0.1) is 11.2 Å². The number of hydrogen-bond donors (Lipinski definition) is 1. The van der Waals surface area contributed by atoms with Crippen molar-refractivity contribution in [3.63, 3.8) is 0 Å². The molecule has 1 unspecified atom stereocenters. The third-order valence-electron chi connectivity index (χ3n) is 3.90. The van der Waals surface area contributed by atoms with Crippen LogP contribution in [0.1, 0.15) is 37.6 Å². The van der Waals surface area contributed by atoms with Crippen molar-refractivity contribution in [2.75, 3.05) is 0 Å². The number of benzene rings is 1. The topological polar surface area (TPSA) is 25.2 Å². The molecule has 1 aliphatic carbocycles. The Morgan fingerprint density at radius 2 is 2.10 bits per heavy atom. The molecule has 1 N–H and O–H groups in total. The van der Waals surface area contributed by atoms with Gasteiger partial charge in [-0.25, -0.2) is 4.39 Å². The Morgan fingerprint density at radius 3 is 2.80 bits per heavy atom. The SMILES string of the molecule is CC1(C)Cc2c(ccn2-c2cc(F)cc(Cl)c2)C(O)C1. The molecule has 1 aliphatic rings. The van der Waals surface area contributed by atoms with Gasteiger partial charge in [-0.05, 0) is 42.5 Å². The van der Waals surface area contributed by atoms with Crippen molar-refractivity contribution < 1.29 is 9.50 Å². The van der Waals surface area contributed by atoms with Crippen molar-refractivity contribution in [3.8, 4) is 5.69 Å². The molecule has 2 aromatic rings. The quantitative estimate of drug-likeness (QED) is 0.834. The average molecular weight is 294 g/mol. The molecule has 0 spiro atoms. The zero-order chi connectivity index (χ0) is 14.5. The Labute approximate surface area is 122 Å². The monoisotopic (exact) mass is 293 g/mol. The molecule has 20 heavy (non-hydrogen) atoms. The maximum atomic E-state index is 13.5. The minimum atomic E-state index is -0.459. The average Bonchev–Trinajstić information content (AvgIpc) is 2.69. The zero-order valence-corrected chi connectivity index (χ0v) is 12.3. The normalized spacial score (nSPS) is 20.8. The van der Waals surface area contributed by atoms with Crippen LogP contribution in [0.2, 0.25) is 5.02 Å². The molecule has 0 bridgehead atoms. The number of hydrogen-bond acceptors (Lipinski definition) is 1. The molecule has 0 fully saturated rings. The highest BCUT2D eigenvalue weighted by Gasteiger charge is 2.33.